The fourth-order valence-electron chi connectivity index (χ4n) is 3.13. The van der Waals surface area contributed by atoms with Gasteiger partial charge in [-0.05, 0) is 38.6 Å². The quantitative estimate of drug-likeness (QED) is 0.652. The van der Waals surface area contributed by atoms with Crippen LogP contribution in [-0.2, 0) is 9.59 Å². The Labute approximate surface area is 130 Å². The molecule has 0 bridgehead atoms. The van der Waals surface area contributed by atoms with Crippen LogP contribution in [0, 0.1) is 5.92 Å². The maximum absolute atomic E-state index is 12.1. The number of rotatable bonds is 4. The monoisotopic (exact) mass is 307 g/mol. The van der Waals surface area contributed by atoms with E-state index in [9.17, 15) is 9.59 Å². The number of likely N-dealkylation sites (tertiary alicyclic amines) is 1. The van der Waals surface area contributed by atoms with Gasteiger partial charge in [-0.2, -0.15) is 0 Å². The Hall–Kier alpha value is -1.40. The summed E-state index contributed by atoms with van der Waals surface area (Å²) in [5.74, 6) is -0.494. The third kappa shape index (κ3) is 3.11. The second-order valence-electron chi connectivity index (χ2n) is 5.61. The van der Waals surface area contributed by atoms with Crippen LogP contribution in [0.4, 0.5) is 0 Å². The standard InChI is InChI=1S/C15H21N3O2S/c1-10(19)15(21,17-11(2)20)13-6-8-18(3)14(13)12-5-4-7-16-9-12/h4-5,7,9,13-14,21H,6,8H2,1-3H3,(H,17,20)/t13?,14-,15-/m1/s1. The van der Waals surface area contributed by atoms with Gasteiger partial charge in [0.1, 0.15) is 4.87 Å². The Morgan fingerprint density at radius 1 is 1.48 bits per heavy atom. The molecule has 0 spiro atoms. The lowest BCUT2D eigenvalue weighted by Gasteiger charge is -2.37. The number of carbonyl (C=O) groups excluding carboxylic acids is 2. The van der Waals surface area contributed by atoms with Crippen LogP contribution < -0.4 is 5.32 Å². The SMILES string of the molecule is CC(=O)N[C@@](S)(C(C)=O)C1CCN(C)[C@@H]1c1cccnc1. The molecule has 2 heterocycles. The van der Waals surface area contributed by atoms with Crippen molar-refractivity contribution in [3.05, 3.63) is 30.1 Å². The number of pyridine rings is 1. The van der Waals surface area contributed by atoms with Gasteiger partial charge in [0.25, 0.3) is 0 Å². The number of nitrogens with one attached hydrogen (secondary N) is 1. The van der Waals surface area contributed by atoms with Crippen LogP contribution in [0.3, 0.4) is 0 Å². The van der Waals surface area contributed by atoms with Crippen LogP contribution in [0.25, 0.3) is 0 Å². The average molecular weight is 307 g/mol. The van der Waals surface area contributed by atoms with E-state index in [2.05, 4.69) is 27.8 Å². The highest BCUT2D eigenvalue weighted by Gasteiger charge is 2.49. The van der Waals surface area contributed by atoms with Gasteiger partial charge in [0.2, 0.25) is 5.91 Å². The predicted molar refractivity (Wildman–Crippen MR) is 83.9 cm³/mol. The summed E-state index contributed by atoms with van der Waals surface area (Å²) in [7, 11) is 2.01. The van der Waals surface area contributed by atoms with E-state index in [1.807, 2.05) is 25.4 Å². The third-order valence-corrected chi connectivity index (χ3v) is 4.87. The van der Waals surface area contributed by atoms with Crippen LogP contribution in [0.2, 0.25) is 0 Å². The minimum Gasteiger partial charge on any atom is -0.335 e. The third-order valence-electron chi connectivity index (χ3n) is 4.11. The van der Waals surface area contributed by atoms with Crippen molar-refractivity contribution in [2.24, 2.45) is 5.92 Å². The Balaban J connectivity index is 2.40. The zero-order valence-corrected chi connectivity index (χ0v) is 13.4. The lowest BCUT2D eigenvalue weighted by molar-refractivity contribution is -0.128. The number of hydrogen-bond donors (Lipinski definition) is 2. The zero-order valence-electron chi connectivity index (χ0n) is 12.5. The fraction of sp³-hybridized carbons (Fsp3) is 0.533. The number of aromatic nitrogens is 1. The minimum absolute atomic E-state index is 0.00644. The molecule has 1 fully saturated rings. The minimum atomic E-state index is -1.16. The van der Waals surface area contributed by atoms with Crippen LogP contribution in [0.1, 0.15) is 31.9 Å². The van der Waals surface area contributed by atoms with Gasteiger partial charge >= 0.3 is 0 Å². The van der Waals surface area contributed by atoms with Gasteiger partial charge in [0.15, 0.2) is 5.78 Å². The Morgan fingerprint density at radius 3 is 2.71 bits per heavy atom. The number of nitrogens with zero attached hydrogens (tertiary/aromatic N) is 2. The molecular weight excluding hydrogens is 286 g/mol. The molecule has 5 nitrogen and oxygen atoms in total. The smallest absolute Gasteiger partial charge is 0.218 e. The Kier molecular flexibility index (Phi) is 4.68. The summed E-state index contributed by atoms with van der Waals surface area (Å²) in [6.07, 6.45) is 4.32. The summed E-state index contributed by atoms with van der Waals surface area (Å²) in [6, 6.07) is 3.88. The molecule has 0 saturated carbocycles. The molecule has 2 rings (SSSR count). The van der Waals surface area contributed by atoms with Gasteiger partial charge in [-0.3, -0.25) is 19.5 Å². The number of hydrogen-bond acceptors (Lipinski definition) is 5. The Morgan fingerprint density at radius 2 is 2.19 bits per heavy atom. The van der Waals surface area contributed by atoms with E-state index in [0.717, 1.165) is 18.5 Å². The first-order valence-corrected chi connectivity index (χ1v) is 7.43. The van der Waals surface area contributed by atoms with E-state index in [-0.39, 0.29) is 23.7 Å². The summed E-state index contributed by atoms with van der Waals surface area (Å²) in [6.45, 7) is 3.73. The molecule has 1 aliphatic rings. The van der Waals surface area contributed by atoms with Crippen LogP contribution in [0.5, 0.6) is 0 Å². The molecule has 0 radical (unpaired) electrons. The summed E-state index contributed by atoms with van der Waals surface area (Å²) in [4.78, 5) is 28.8. The van der Waals surface area contributed by atoms with Crippen LogP contribution in [-0.4, -0.2) is 40.0 Å². The average Bonchev–Trinajstić information content (AvgIpc) is 2.81. The van der Waals surface area contributed by atoms with E-state index in [4.69, 9.17) is 0 Å². The lowest BCUT2D eigenvalue weighted by Crippen LogP contribution is -2.55. The maximum Gasteiger partial charge on any atom is 0.218 e. The van der Waals surface area contributed by atoms with E-state index >= 15 is 0 Å². The summed E-state index contributed by atoms with van der Waals surface area (Å²) in [5, 5.41) is 2.75. The highest BCUT2D eigenvalue weighted by atomic mass is 32.1. The maximum atomic E-state index is 12.1. The molecule has 0 aliphatic carbocycles. The van der Waals surface area contributed by atoms with Crippen LogP contribution >= 0.6 is 12.6 Å². The molecule has 114 valence electrons. The summed E-state index contributed by atoms with van der Waals surface area (Å²) in [5.41, 5.74) is 1.03. The topological polar surface area (TPSA) is 62.3 Å². The van der Waals surface area contributed by atoms with E-state index in [0.29, 0.717) is 0 Å². The van der Waals surface area contributed by atoms with E-state index < -0.39 is 4.87 Å². The number of ketones is 1. The first kappa shape index (κ1) is 16.0. The van der Waals surface area contributed by atoms with Gasteiger partial charge in [0, 0.05) is 31.3 Å². The lowest BCUT2D eigenvalue weighted by atomic mass is 9.85. The zero-order chi connectivity index (χ0) is 15.6. The molecule has 3 atom stereocenters. The number of Topliss-reactive ketones (excluding diaryl/α,β-unsaturated/α-hetero) is 1. The summed E-state index contributed by atoms with van der Waals surface area (Å²) >= 11 is 4.57. The van der Waals surface area contributed by atoms with Crippen molar-refractivity contribution in [3.63, 3.8) is 0 Å². The molecule has 1 N–H and O–H groups in total. The fourth-order valence-corrected chi connectivity index (χ4v) is 3.56. The molecular formula is C15H21N3O2S. The van der Waals surface area contributed by atoms with Crippen molar-refractivity contribution in [2.45, 2.75) is 31.2 Å². The highest BCUT2D eigenvalue weighted by Crippen LogP contribution is 2.44. The number of thiol groups is 1. The van der Waals surface area contributed by atoms with Crippen molar-refractivity contribution in [2.75, 3.05) is 13.6 Å². The molecule has 1 unspecified atom stereocenters. The van der Waals surface area contributed by atoms with Crippen molar-refractivity contribution in [1.82, 2.24) is 15.2 Å². The van der Waals surface area contributed by atoms with Crippen molar-refractivity contribution in [3.8, 4) is 0 Å². The molecule has 1 aliphatic heterocycles. The summed E-state index contributed by atoms with van der Waals surface area (Å²) < 4.78 is 0. The molecule has 1 aromatic heterocycles. The Bertz CT molecular complexity index is 537. The molecule has 1 saturated heterocycles. The second kappa shape index (κ2) is 6.15. The molecule has 1 amide bonds. The molecule has 0 aromatic carbocycles. The second-order valence-corrected chi connectivity index (χ2v) is 6.32. The number of carbonyl (C=O) groups is 2. The normalized spacial score (nSPS) is 25.3. The van der Waals surface area contributed by atoms with E-state index in [1.54, 1.807) is 6.20 Å². The first-order chi connectivity index (χ1) is 9.86. The number of amides is 1. The van der Waals surface area contributed by atoms with Crippen LogP contribution in [0.15, 0.2) is 24.5 Å². The molecule has 21 heavy (non-hydrogen) atoms. The first-order valence-electron chi connectivity index (χ1n) is 6.98. The highest BCUT2D eigenvalue weighted by molar-refractivity contribution is 7.82. The van der Waals surface area contributed by atoms with Crippen molar-refractivity contribution >= 4 is 24.3 Å². The molecule has 6 heteroatoms. The van der Waals surface area contributed by atoms with E-state index in [1.165, 1.54) is 13.8 Å². The van der Waals surface area contributed by atoms with Gasteiger partial charge < -0.3 is 5.32 Å². The van der Waals surface area contributed by atoms with Gasteiger partial charge in [-0.25, -0.2) is 0 Å². The van der Waals surface area contributed by atoms with Gasteiger partial charge in [-0.1, -0.05) is 6.07 Å². The molecule has 1 aromatic rings. The van der Waals surface area contributed by atoms with Gasteiger partial charge in [0.05, 0.1) is 0 Å². The largest absolute Gasteiger partial charge is 0.335 e. The van der Waals surface area contributed by atoms with Gasteiger partial charge in [-0.15, -0.1) is 12.6 Å². The van der Waals surface area contributed by atoms with Crippen molar-refractivity contribution in [1.29, 1.82) is 0 Å². The van der Waals surface area contributed by atoms with Crippen molar-refractivity contribution < 1.29 is 9.59 Å². The predicted octanol–water partition coefficient (Wildman–Crippen LogP) is 1.43.